The van der Waals surface area contributed by atoms with Crippen molar-refractivity contribution in [3.63, 3.8) is 0 Å². The molecule has 1 aromatic rings. The molecule has 1 saturated carbocycles. The van der Waals surface area contributed by atoms with Crippen LogP contribution in [0.3, 0.4) is 0 Å². The van der Waals surface area contributed by atoms with Gasteiger partial charge in [-0.3, -0.25) is 0 Å². The van der Waals surface area contributed by atoms with Gasteiger partial charge in [0.1, 0.15) is 0 Å². The number of hydrogen-bond acceptors (Lipinski definition) is 4. The lowest BCUT2D eigenvalue weighted by Gasteiger charge is -2.08. The summed E-state index contributed by atoms with van der Waals surface area (Å²) >= 11 is 0. The first-order valence-corrected chi connectivity index (χ1v) is 6.32. The quantitative estimate of drug-likeness (QED) is 0.751. The zero-order chi connectivity index (χ0) is 11.8. The Hall–Kier alpha value is -1.38. The Kier molecular flexibility index (Phi) is 2.49. The van der Waals surface area contributed by atoms with E-state index in [1.165, 1.54) is 12.1 Å². The van der Waals surface area contributed by atoms with Gasteiger partial charge in [-0.25, -0.2) is 4.18 Å². The van der Waals surface area contributed by atoms with Crippen molar-refractivity contribution in [2.24, 2.45) is 0 Å². The van der Waals surface area contributed by atoms with Crippen LogP contribution in [-0.2, 0) is 14.3 Å². The van der Waals surface area contributed by atoms with Gasteiger partial charge in [-0.05, 0) is 31.9 Å². The van der Waals surface area contributed by atoms with E-state index in [1.807, 2.05) is 13.0 Å². The summed E-state index contributed by atoms with van der Waals surface area (Å²) in [6.07, 6.45) is 0.961. The van der Waals surface area contributed by atoms with Crippen molar-refractivity contribution in [3.8, 4) is 6.07 Å². The zero-order valence-corrected chi connectivity index (χ0v) is 9.62. The van der Waals surface area contributed by atoms with Gasteiger partial charge in [0.25, 0.3) is 10.1 Å². The van der Waals surface area contributed by atoms with Crippen molar-refractivity contribution in [3.05, 3.63) is 29.8 Å². The third-order valence-electron chi connectivity index (χ3n) is 2.49. The molecule has 0 heterocycles. The molecule has 5 heteroatoms. The van der Waals surface area contributed by atoms with Crippen molar-refractivity contribution in [1.29, 1.82) is 5.26 Å². The second kappa shape index (κ2) is 3.58. The molecule has 0 saturated heterocycles. The highest BCUT2D eigenvalue weighted by molar-refractivity contribution is 7.86. The maximum Gasteiger partial charge on any atom is 0.298 e. The number of rotatable bonds is 3. The molecule has 0 amide bonds. The highest BCUT2D eigenvalue weighted by Gasteiger charge is 2.49. The molecular formula is C11H11NO3S. The SMILES string of the molecule is Cc1ccc(S(=O)(=O)OC2(C#N)CC2)cc1. The van der Waals surface area contributed by atoms with E-state index in [0.717, 1.165) is 5.56 Å². The van der Waals surface area contributed by atoms with Crippen LogP contribution in [0.1, 0.15) is 18.4 Å². The maximum atomic E-state index is 11.8. The molecule has 2 rings (SSSR count). The summed E-state index contributed by atoms with van der Waals surface area (Å²) in [5, 5.41) is 8.77. The Morgan fingerprint density at radius 3 is 2.31 bits per heavy atom. The third-order valence-corrected chi connectivity index (χ3v) is 3.87. The van der Waals surface area contributed by atoms with Crippen LogP contribution in [0.15, 0.2) is 29.2 Å². The fourth-order valence-electron chi connectivity index (χ4n) is 1.29. The molecule has 0 radical (unpaired) electrons. The van der Waals surface area contributed by atoms with Crippen LogP contribution >= 0.6 is 0 Å². The maximum absolute atomic E-state index is 11.8. The van der Waals surface area contributed by atoms with Crippen molar-refractivity contribution in [2.45, 2.75) is 30.3 Å². The average molecular weight is 237 g/mol. The largest absolute Gasteiger partial charge is 0.298 e. The van der Waals surface area contributed by atoms with Gasteiger partial charge in [-0.15, -0.1) is 0 Å². The van der Waals surface area contributed by atoms with Gasteiger partial charge in [0.05, 0.1) is 11.0 Å². The van der Waals surface area contributed by atoms with Crippen LogP contribution in [0.25, 0.3) is 0 Å². The van der Waals surface area contributed by atoms with Gasteiger partial charge < -0.3 is 0 Å². The van der Waals surface area contributed by atoms with Crippen LogP contribution in [0.5, 0.6) is 0 Å². The van der Waals surface area contributed by atoms with E-state index >= 15 is 0 Å². The predicted molar refractivity (Wildman–Crippen MR) is 57.0 cm³/mol. The fraction of sp³-hybridized carbons (Fsp3) is 0.364. The van der Waals surface area contributed by atoms with Gasteiger partial charge in [-0.1, -0.05) is 17.7 Å². The summed E-state index contributed by atoms with van der Waals surface area (Å²) in [6.45, 7) is 1.87. The first kappa shape index (κ1) is 11.1. The molecule has 16 heavy (non-hydrogen) atoms. The van der Waals surface area contributed by atoms with Crippen LogP contribution < -0.4 is 0 Å². The molecule has 84 valence electrons. The van der Waals surface area contributed by atoms with E-state index in [-0.39, 0.29) is 4.90 Å². The fourth-order valence-corrected chi connectivity index (χ4v) is 2.48. The Morgan fingerprint density at radius 2 is 1.88 bits per heavy atom. The summed E-state index contributed by atoms with van der Waals surface area (Å²) in [7, 11) is -3.81. The molecule has 0 spiro atoms. The average Bonchev–Trinajstić information content (AvgIpc) is 2.98. The van der Waals surface area contributed by atoms with Gasteiger partial charge in [-0.2, -0.15) is 13.7 Å². The monoisotopic (exact) mass is 237 g/mol. The van der Waals surface area contributed by atoms with Gasteiger partial charge in [0.15, 0.2) is 5.60 Å². The molecule has 0 atom stereocenters. The lowest BCUT2D eigenvalue weighted by molar-refractivity contribution is 0.244. The molecule has 1 aliphatic rings. The number of hydrogen-bond donors (Lipinski definition) is 0. The number of nitriles is 1. The van der Waals surface area contributed by atoms with E-state index in [9.17, 15) is 8.42 Å². The zero-order valence-electron chi connectivity index (χ0n) is 8.80. The van der Waals surface area contributed by atoms with Crippen LogP contribution in [0.2, 0.25) is 0 Å². The minimum Gasteiger partial charge on any atom is -0.244 e. The Bertz CT molecular complexity index is 536. The normalized spacial score (nSPS) is 17.8. The molecular weight excluding hydrogens is 226 g/mol. The van der Waals surface area contributed by atoms with E-state index in [2.05, 4.69) is 0 Å². The molecule has 4 nitrogen and oxygen atoms in total. The van der Waals surface area contributed by atoms with E-state index < -0.39 is 15.7 Å². The van der Waals surface area contributed by atoms with E-state index in [0.29, 0.717) is 12.8 Å². The van der Waals surface area contributed by atoms with Crippen molar-refractivity contribution < 1.29 is 12.6 Å². The number of benzene rings is 1. The second-order valence-electron chi connectivity index (χ2n) is 3.96. The predicted octanol–water partition coefficient (Wildman–Crippen LogP) is 1.76. The third kappa shape index (κ3) is 2.08. The molecule has 1 aromatic carbocycles. The van der Waals surface area contributed by atoms with E-state index in [1.54, 1.807) is 12.1 Å². The summed E-state index contributed by atoms with van der Waals surface area (Å²) in [6, 6.07) is 8.25. The first-order valence-electron chi connectivity index (χ1n) is 4.91. The summed E-state index contributed by atoms with van der Waals surface area (Å²) in [4.78, 5) is 0.0969. The minimum atomic E-state index is -3.81. The van der Waals surface area contributed by atoms with Gasteiger partial charge in [0, 0.05) is 0 Å². The Labute approximate surface area is 94.6 Å². The number of aryl methyl sites for hydroxylation is 1. The summed E-state index contributed by atoms with van der Waals surface area (Å²) in [5.74, 6) is 0. The molecule has 1 fully saturated rings. The van der Waals surface area contributed by atoms with Crippen LogP contribution in [0.4, 0.5) is 0 Å². The second-order valence-corrected chi connectivity index (χ2v) is 5.50. The summed E-state index contributed by atoms with van der Waals surface area (Å²) in [5.41, 5.74) is -0.135. The minimum absolute atomic E-state index is 0.0969. The van der Waals surface area contributed by atoms with Crippen molar-refractivity contribution in [2.75, 3.05) is 0 Å². The highest BCUT2D eigenvalue weighted by atomic mass is 32.2. The topological polar surface area (TPSA) is 67.2 Å². The number of nitrogens with zero attached hydrogens (tertiary/aromatic N) is 1. The molecule has 0 unspecified atom stereocenters. The van der Waals surface area contributed by atoms with Gasteiger partial charge in [0.2, 0.25) is 0 Å². The standard InChI is InChI=1S/C11H11NO3S/c1-9-2-4-10(5-3-9)16(13,14)15-11(8-12)6-7-11/h2-5H,6-7H2,1H3. The van der Waals surface area contributed by atoms with E-state index in [4.69, 9.17) is 9.44 Å². The van der Waals surface area contributed by atoms with Gasteiger partial charge >= 0.3 is 0 Å². The molecule has 0 aromatic heterocycles. The molecule has 0 N–H and O–H groups in total. The van der Waals surface area contributed by atoms with Crippen molar-refractivity contribution >= 4 is 10.1 Å². The lowest BCUT2D eigenvalue weighted by Crippen LogP contribution is -2.18. The highest BCUT2D eigenvalue weighted by Crippen LogP contribution is 2.41. The molecule has 0 aliphatic heterocycles. The van der Waals surface area contributed by atoms with Crippen LogP contribution in [-0.4, -0.2) is 14.0 Å². The Balaban J connectivity index is 2.27. The summed E-state index contributed by atoms with van der Waals surface area (Å²) < 4.78 is 28.5. The smallest absolute Gasteiger partial charge is 0.244 e. The first-order chi connectivity index (χ1) is 7.47. The molecule has 0 bridgehead atoms. The van der Waals surface area contributed by atoms with Crippen LogP contribution in [0, 0.1) is 18.3 Å². The lowest BCUT2D eigenvalue weighted by atomic mass is 10.2. The Morgan fingerprint density at radius 1 is 1.31 bits per heavy atom. The molecule has 1 aliphatic carbocycles. The van der Waals surface area contributed by atoms with Crippen molar-refractivity contribution in [1.82, 2.24) is 0 Å².